The van der Waals surface area contributed by atoms with E-state index in [9.17, 15) is 0 Å². The first kappa shape index (κ1) is 4.94. The highest BCUT2D eigenvalue weighted by atomic mass is 16.5. The molecular weight excluding hydrogens is 68.8 g/mol. The largest absolute Gasteiger partial charge is 0.548 e. The van der Waals surface area contributed by atoms with E-state index in [-0.39, 0.29) is 0 Å². The standard InChI is InChI=1S/CH6BNO2/c1-5-2(3)4/h4H,3H2,1H3. The normalized spacial score (nSPS) is 7.80. The lowest BCUT2D eigenvalue weighted by atomic mass is 10.2. The van der Waals surface area contributed by atoms with Gasteiger partial charge >= 0.3 is 7.25 Å². The SMILES string of the molecule is COB(N)O. The molecule has 0 aliphatic rings. The summed E-state index contributed by atoms with van der Waals surface area (Å²) in [6.07, 6.45) is 0. The fourth-order valence-corrected chi connectivity index (χ4v) is 0. The van der Waals surface area contributed by atoms with Crippen LogP contribution in [0.3, 0.4) is 0 Å². The van der Waals surface area contributed by atoms with Crippen molar-refractivity contribution in [3.05, 3.63) is 0 Å². The van der Waals surface area contributed by atoms with Gasteiger partial charge in [-0.25, -0.2) is 0 Å². The number of rotatable bonds is 1. The van der Waals surface area contributed by atoms with Crippen LogP contribution in [0.25, 0.3) is 0 Å². The molecule has 3 nitrogen and oxygen atoms in total. The molecule has 0 saturated heterocycles. The van der Waals surface area contributed by atoms with Crippen LogP contribution in [0.2, 0.25) is 0 Å². The van der Waals surface area contributed by atoms with Crippen molar-refractivity contribution in [1.82, 2.24) is 0 Å². The van der Waals surface area contributed by atoms with Crippen molar-refractivity contribution in [2.45, 2.75) is 0 Å². The van der Waals surface area contributed by atoms with Gasteiger partial charge in [-0.1, -0.05) is 0 Å². The van der Waals surface area contributed by atoms with Gasteiger partial charge in [-0.3, -0.25) is 0 Å². The molecule has 0 bridgehead atoms. The molecule has 0 saturated carbocycles. The van der Waals surface area contributed by atoms with E-state index >= 15 is 0 Å². The van der Waals surface area contributed by atoms with Crippen LogP contribution in [-0.4, -0.2) is 19.4 Å². The quantitative estimate of drug-likeness (QED) is 0.375. The molecule has 0 fully saturated rings. The predicted molar refractivity (Wildman–Crippen MR) is 19.2 cm³/mol. The fourth-order valence-electron chi connectivity index (χ4n) is 0. The van der Waals surface area contributed by atoms with Crippen LogP contribution in [0.5, 0.6) is 0 Å². The molecule has 0 aromatic heterocycles. The molecule has 0 aromatic carbocycles. The molecule has 0 amide bonds. The zero-order valence-corrected chi connectivity index (χ0v) is 3.01. The molecular formula is CH6BNO2. The number of nitrogens with two attached hydrogens (primary N) is 1. The van der Waals surface area contributed by atoms with Crippen molar-refractivity contribution in [3.63, 3.8) is 0 Å². The molecule has 0 rings (SSSR count). The van der Waals surface area contributed by atoms with E-state index < -0.39 is 7.25 Å². The Labute approximate surface area is 30.9 Å². The molecule has 4 heteroatoms. The van der Waals surface area contributed by atoms with Crippen molar-refractivity contribution in [1.29, 1.82) is 0 Å². The second-order valence-corrected chi connectivity index (χ2v) is 0.626. The summed E-state index contributed by atoms with van der Waals surface area (Å²) in [4.78, 5) is 0. The van der Waals surface area contributed by atoms with Gasteiger partial charge in [0.1, 0.15) is 0 Å². The monoisotopic (exact) mass is 75.0 g/mol. The van der Waals surface area contributed by atoms with E-state index in [1.165, 1.54) is 7.11 Å². The maximum Gasteiger partial charge on any atom is 0.548 e. The Hall–Kier alpha value is -0.0551. The first-order valence-electron chi connectivity index (χ1n) is 1.24. The summed E-state index contributed by atoms with van der Waals surface area (Å²) in [5, 5.41) is 7.92. The second kappa shape index (κ2) is 2.20. The molecule has 3 N–H and O–H groups in total. The number of hydrogen-bond donors (Lipinski definition) is 2. The third-order valence-electron chi connectivity index (χ3n) is 0.241. The van der Waals surface area contributed by atoms with E-state index in [4.69, 9.17) is 5.02 Å². The highest BCUT2D eigenvalue weighted by Crippen LogP contribution is 1.54. The van der Waals surface area contributed by atoms with Gasteiger partial charge in [-0.05, 0) is 0 Å². The van der Waals surface area contributed by atoms with E-state index in [1.807, 2.05) is 0 Å². The van der Waals surface area contributed by atoms with Crippen LogP contribution < -0.4 is 5.64 Å². The summed E-state index contributed by atoms with van der Waals surface area (Å²) in [7, 11) is 0.208. The molecule has 0 unspecified atom stereocenters. The van der Waals surface area contributed by atoms with Crippen molar-refractivity contribution in [2.75, 3.05) is 7.11 Å². The summed E-state index contributed by atoms with van der Waals surface area (Å²) in [5.41, 5.74) is 4.62. The average Bonchev–Trinajstić information content (AvgIpc) is 1.38. The Morgan fingerprint density at radius 1 is 2.00 bits per heavy atom. The van der Waals surface area contributed by atoms with Gasteiger partial charge in [-0.15, -0.1) is 0 Å². The first-order chi connectivity index (χ1) is 2.27. The van der Waals surface area contributed by atoms with Crippen molar-refractivity contribution >= 4 is 7.25 Å². The summed E-state index contributed by atoms with van der Waals surface area (Å²) in [6, 6.07) is 0. The lowest BCUT2D eigenvalue weighted by molar-refractivity contribution is 0.328. The van der Waals surface area contributed by atoms with Crippen LogP contribution in [0.15, 0.2) is 0 Å². The average molecular weight is 74.9 g/mol. The zero-order valence-electron chi connectivity index (χ0n) is 3.01. The van der Waals surface area contributed by atoms with E-state index in [0.29, 0.717) is 0 Å². The van der Waals surface area contributed by atoms with Crippen LogP contribution in [0, 0.1) is 0 Å². The minimum atomic E-state index is -1.12. The van der Waals surface area contributed by atoms with Gasteiger partial charge in [0.25, 0.3) is 0 Å². The maximum atomic E-state index is 7.92. The molecule has 0 radical (unpaired) electrons. The van der Waals surface area contributed by atoms with Gasteiger partial charge in [0.2, 0.25) is 0 Å². The topological polar surface area (TPSA) is 55.5 Å². The number of hydrogen-bond acceptors (Lipinski definition) is 3. The Morgan fingerprint density at radius 3 is 2.20 bits per heavy atom. The third kappa shape index (κ3) is 3.94. The highest BCUT2D eigenvalue weighted by molar-refractivity contribution is 6.38. The lowest BCUT2D eigenvalue weighted by Crippen LogP contribution is -2.27. The van der Waals surface area contributed by atoms with Gasteiger partial charge in [0.15, 0.2) is 0 Å². The molecule has 0 heterocycles. The summed E-state index contributed by atoms with van der Waals surface area (Å²) in [6.45, 7) is 0. The lowest BCUT2D eigenvalue weighted by Gasteiger charge is -1.86. The Kier molecular flexibility index (Phi) is 2.17. The fraction of sp³-hybridized carbons (Fsp3) is 1.00. The first-order valence-corrected chi connectivity index (χ1v) is 1.24. The third-order valence-corrected chi connectivity index (χ3v) is 0.241. The second-order valence-electron chi connectivity index (χ2n) is 0.626. The summed E-state index contributed by atoms with van der Waals surface area (Å²) >= 11 is 0. The van der Waals surface area contributed by atoms with E-state index in [2.05, 4.69) is 10.3 Å². The summed E-state index contributed by atoms with van der Waals surface area (Å²) in [5.74, 6) is 0. The minimum Gasteiger partial charge on any atom is -0.413 e. The molecule has 0 spiro atoms. The molecule has 0 aliphatic heterocycles. The Bertz CT molecular complexity index is 23.6. The van der Waals surface area contributed by atoms with E-state index in [0.717, 1.165) is 0 Å². The van der Waals surface area contributed by atoms with Gasteiger partial charge in [-0.2, -0.15) is 0 Å². The smallest absolute Gasteiger partial charge is 0.413 e. The van der Waals surface area contributed by atoms with Crippen molar-refractivity contribution in [3.8, 4) is 0 Å². The van der Waals surface area contributed by atoms with Gasteiger partial charge in [0, 0.05) is 7.11 Å². The Morgan fingerprint density at radius 2 is 2.20 bits per heavy atom. The molecule has 5 heavy (non-hydrogen) atoms. The van der Waals surface area contributed by atoms with Crippen LogP contribution in [0.1, 0.15) is 0 Å². The molecule has 0 aromatic rings. The minimum absolute atomic E-state index is 1.12. The molecule has 0 atom stereocenters. The van der Waals surface area contributed by atoms with Crippen molar-refractivity contribution < 1.29 is 9.68 Å². The zero-order chi connectivity index (χ0) is 4.28. The predicted octanol–water partition coefficient (Wildman–Crippen LogP) is -1.43. The Balaban J connectivity index is 2.54. The van der Waals surface area contributed by atoms with Gasteiger partial charge in [0.05, 0.1) is 0 Å². The van der Waals surface area contributed by atoms with Crippen molar-refractivity contribution in [2.24, 2.45) is 5.64 Å². The van der Waals surface area contributed by atoms with Crippen LogP contribution >= 0.6 is 0 Å². The summed E-state index contributed by atoms with van der Waals surface area (Å²) < 4.78 is 4.08. The van der Waals surface area contributed by atoms with Crippen LogP contribution in [-0.2, 0) is 4.65 Å². The molecule has 30 valence electrons. The van der Waals surface area contributed by atoms with E-state index in [1.54, 1.807) is 0 Å². The highest BCUT2D eigenvalue weighted by Gasteiger charge is 1.96. The van der Waals surface area contributed by atoms with Crippen LogP contribution in [0.4, 0.5) is 0 Å². The maximum absolute atomic E-state index is 7.92. The molecule has 0 aliphatic carbocycles. The van der Waals surface area contributed by atoms with Gasteiger partial charge < -0.3 is 15.3 Å².